The lowest BCUT2D eigenvalue weighted by Crippen LogP contribution is -2.53. The molecule has 0 spiro atoms. The van der Waals surface area contributed by atoms with E-state index < -0.39 is 17.4 Å². The number of nitrogens with two attached hydrogens (primary N) is 1. The van der Waals surface area contributed by atoms with Crippen LogP contribution in [0.25, 0.3) is 0 Å². The number of amides is 2. The summed E-state index contributed by atoms with van der Waals surface area (Å²) in [4.78, 5) is 30.1. The van der Waals surface area contributed by atoms with E-state index in [4.69, 9.17) is 17.3 Å². The molecule has 7 heteroatoms. The normalized spacial score (nSPS) is 10.9. The number of carbonyl (C=O) groups is 2. The Bertz CT molecular complexity index is 416. The smallest absolute Gasteiger partial charge is 0.272 e. The summed E-state index contributed by atoms with van der Waals surface area (Å²) >= 11 is 5.52. The molecule has 0 atom stereocenters. The first-order valence-electron chi connectivity index (χ1n) is 4.43. The van der Waals surface area contributed by atoms with Gasteiger partial charge in [0.2, 0.25) is 5.91 Å². The van der Waals surface area contributed by atoms with E-state index in [2.05, 4.69) is 15.3 Å². The van der Waals surface area contributed by atoms with Crippen LogP contribution in [0.3, 0.4) is 0 Å². The summed E-state index contributed by atoms with van der Waals surface area (Å²) in [5, 5.41) is 2.62. The van der Waals surface area contributed by atoms with Gasteiger partial charge in [-0.3, -0.25) is 9.59 Å². The maximum absolute atomic E-state index is 11.6. The molecule has 0 fully saturated rings. The molecule has 1 aromatic rings. The minimum Gasteiger partial charge on any atom is -0.368 e. The average molecular weight is 243 g/mol. The highest BCUT2D eigenvalue weighted by Crippen LogP contribution is 2.05. The highest BCUT2D eigenvalue weighted by molar-refractivity contribution is 6.29. The van der Waals surface area contributed by atoms with Crippen LogP contribution >= 0.6 is 11.6 Å². The SMILES string of the molecule is CC(C)(NC(=O)c1cnc(Cl)cn1)C(N)=O. The van der Waals surface area contributed by atoms with Crippen LogP contribution in [0.4, 0.5) is 0 Å². The molecule has 2 amide bonds. The molecule has 1 heterocycles. The molecule has 0 aromatic carbocycles. The number of hydrogen-bond donors (Lipinski definition) is 2. The van der Waals surface area contributed by atoms with Crippen molar-refractivity contribution in [2.24, 2.45) is 5.73 Å². The fourth-order valence-corrected chi connectivity index (χ4v) is 0.937. The third-order valence-electron chi connectivity index (χ3n) is 1.89. The molecule has 16 heavy (non-hydrogen) atoms. The van der Waals surface area contributed by atoms with Crippen LogP contribution in [-0.2, 0) is 4.79 Å². The van der Waals surface area contributed by atoms with Gasteiger partial charge in [-0.25, -0.2) is 9.97 Å². The van der Waals surface area contributed by atoms with E-state index in [1.165, 1.54) is 26.2 Å². The zero-order valence-corrected chi connectivity index (χ0v) is 9.58. The van der Waals surface area contributed by atoms with Gasteiger partial charge in [-0.2, -0.15) is 0 Å². The zero-order chi connectivity index (χ0) is 12.3. The number of nitrogens with one attached hydrogen (secondary N) is 1. The van der Waals surface area contributed by atoms with Gasteiger partial charge in [-0.05, 0) is 13.8 Å². The molecule has 86 valence electrons. The van der Waals surface area contributed by atoms with Crippen molar-refractivity contribution in [2.45, 2.75) is 19.4 Å². The average Bonchev–Trinajstić information content (AvgIpc) is 2.17. The predicted molar refractivity (Wildman–Crippen MR) is 57.8 cm³/mol. The first kappa shape index (κ1) is 12.4. The third-order valence-corrected chi connectivity index (χ3v) is 2.09. The maximum atomic E-state index is 11.6. The minimum absolute atomic E-state index is 0.0683. The number of hydrogen-bond acceptors (Lipinski definition) is 4. The Labute approximate surface area is 97.2 Å². The summed E-state index contributed by atoms with van der Waals surface area (Å²) in [6.07, 6.45) is 2.46. The van der Waals surface area contributed by atoms with Gasteiger partial charge in [-0.1, -0.05) is 11.6 Å². The molecule has 0 aliphatic carbocycles. The quantitative estimate of drug-likeness (QED) is 0.787. The van der Waals surface area contributed by atoms with Crippen molar-refractivity contribution in [3.63, 3.8) is 0 Å². The summed E-state index contributed by atoms with van der Waals surface area (Å²) in [5.41, 5.74) is 4.04. The Morgan fingerprint density at radius 2 is 2.00 bits per heavy atom. The predicted octanol–water partition coefficient (Wildman–Crippen LogP) is 0.124. The number of nitrogens with zero attached hydrogens (tertiary/aromatic N) is 2. The van der Waals surface area contributed by atoms with Crippen LogP contribution in [0.5, 0.6) is 0 Å². The van der Waals surface area contributed by atoms with Crippen molar-refractivity contribution < 1.29 is 9.59 Å². The third kappa shape index (κ3) is 2.90. The lowest BCUT2D eigenvalue weighted by Gasteiger charge is -2.21. The Morgan fingerprint density at radius 1 is 1.38 bits per heavy atom. The van der Waals surface area contributed by atoms with Crippen molar-refractivity contribution >= 4 is 23.4 Å². The summed E-state index contributed by atoms with van der Waals surface area (Å²) in [7, 11) is 0. The molecular formula is C9H11ClN4O2. The lowest BCUT2D eigenvalue weighted by atomic mass is 10.1. The molecule has 1 aromatic heterocycles. The van der Waals surface area contributed by atoms with Crippen molar-refractivity contribution in [1.29, 1.82) is 0 Å². The molecule has 0 aliphatic heterocycles. The highest BCUT2D eigenvalue weighted by Gasteiger charge is 2.27. The molecule has 0 saturated heterocycles. The van der Waals surface area contributed by atoms with Gasteiger partial charge in [0.05, 0.1) is 12.4 Å². The summed E-state index contributed by atoms with van der Waals surface area (Å²) in [6, 6.07) is 0. The number of rotatable bonds is 3. The van der Waals surface area contributed by atoms with E-state index in [1.807, 2.05) is 0 Å². The second kappa shape index (κ2) is 4.44. The monoisotopic (exact) mass is 242 g/mol. The van der Waals surface area contributed by atoms with Crippen LogP contribution in [-0.4, -0.2) is 27.3 Å². The second-order valence-electron chi connectivity index (χ2n) is 3.67. The molecule has 1 rings (SSSR count). The van der Waals surface area contributed by atoms with E-state index in [0.29, 0.717) is 0 Å². The minimum atomic E-state index is -1.14. The van der Waals surface area contributed by atoms with E-state index >= 15 is 0 Å². The molecule has 6 nitrogen and oxygen atoms in total. The maximum Gasteiger partial charge on any atom is 0.272 e. The van der Waals surface area contributed by atoms with Crippen LogP contribution in [0, 0.1) is 0 Å². The van der Waals surface area contributed by atoms with E-state index in [1.54, 1.807) is 0 Å². The molecule has 0 radical (unpaired) electrons. The Hall–Kier alpha value is -1.69. The summed E-state index contributed by atoms with van der Waals surface area (Å²) in [6.45, 7) is 2.99. The van der Waals surface area contributed by atoms with Crippen molar-refractivity contribution in [2.75, 3.05) is 0 Å². The van der Waals surface area contributed by atoms with Gasteiger partial charge in [0.25, 0.3) is 5.91 Å². The zero-order valence-electron chi connectivity index (χ0n) is 8.82. The first-order valence-corrected chi connectivity index (χ1v) is 4.80. The van der Waals surface area contributed by atoms with Gasteiger partial charge in [0, 0.05) is 0 Å². The van der Waals surface area contributed by atoms with Crippen LogP contribution in [0.15, 0.2) is 12.4 Å². The van der Waals surface area contributed by atoms with Gasteiger partial charge in [0.15, 0.2) is 0 Å². The van der Waals surface area contributed by atoms with Gasteiger partial charge in [0.1, 0.15) is 16.4 Å². The van der Waals surface area contributed by atoms with E-state index in [0.717, 1.165) is 0 Å². The van der Waals surface area contributed by atoms with Gasteiger partial charge < -0.3 is 11.1 Å². The molecule has 0 bridgehead atoms. The first-order chi connectivity index (χ1) is 7.33. The van der Waals surface area contributed by atoms with Crippen LogP contribution in [0.1, 0.15) is 24.3 Å². The fourth-order valence-electron chi connectivity index (χ4n) is 0.839. The van der Waals surface area contributed by atoms with Crippen molar-refractivity contribution in [1.82, 2.24) is 15.3 Å². The second-order valence-corrected chi connectivity index (χ2v) is 4.05. The van der Waals surface area contributed by atoms with Gasteiger partial charge >= 0.3 is 0 Å². The van der Waals surface area contributed by atoms with E-state index in [9.17, 15) is 9.59 Å². The highest BCUT2D eigenvalue weighted by atomic mass is 35.5. The number of primary amides is 1. The van der Waals surface area contributed by atoms with Crippen LogP contribution in [0.2, 0.25) is 5.15 Å². The fraction of sp³-hybridized carbons (Fsp3) is 0.333. The van der Waals surface area contributed by atoms with Gasteiger partial charge in [-0.15, -0.1) is 0 Å². The molecule has 0 unspecified atom stereocenters. The lowest BCUT2D eigenvalue weighted by molar-refractivity contribution is -0.122. The van der Waals surface area contributed by atoms with Crippen molar-refractivity contribution in [3.05, 3.63) is 23.2 Å². The Kier molecular flexibility index (Phi) is 3.44. The molecule has 0 saturated carbocycles. The Morgan fingerprint density at radius 3 is 2.44 bits per heavy atom. The Balaban J connectivity index is 2.81. The number of carbonyl (C=O) groups excluding carboxylic acids is 2. The summed E-state index contributed by atoms with van der Waals surface area (Å²) < 4.78 is 0. The van der Waals surface area contributed by atoms with E-state index in [-0.39, 0.29) is 10.8 Å². The molecule has 0 aliphatic rings. The number of halogens is 1. The standard InChI is InChI=1S/C9H11ClN4O2/c1-9(2,8(11)16)14-7(15)5-3-13-6(10)4-12-5/h3-4H,1-2H3,(H2,11,16)(H,14,15). The number of aromatic nitrogens is 2. The van der Waals surface area contributed by atoms with Crippen LogP contribution < -0.4 is 11.1 Å². The largest absolute Gasteiger partial charge is 0.368 e. The molecule has 3 N–H and O–H groups in total. The topological polar surface area (TPSA) is 98.0 Å². The molecular weight excluding hydrogens is 232 g/mol. The summed E-state index contributed by atoms with van der Waals surface area (Å²) in [5.74, 6) is -1.17. The van der Waals surface area contributed by atoms with Crippen molar-refractivity contribution in [3.8, 4) is 0 Å².